The largest absolute Gasteiger partial charge is 0.493 e. The first-order valence-corrected chi connectivity index (χ1v) is 7.89. The number of methoxy groups -OCH3 is 3. The topological polar surface area (TPSA) is 120 Å². The summed E-state index contributed by atoms with van der Waals surface area (Å²) in [5.41, 5.74) is 7.74. The third kappa shape index (κ3) is 3.55. The number of aromatic nitrogens is 3. The zero-order valence-electron chi connectivity index (χ0n) is 15.1. The zero-order chi connectivity index (χ0) is 19.4. The van der Waals surface area contributed by atoms with Gasteiger partial charge in [0, 0.05) is 17.8 Å². The molecule has 3 rings (SSSR count). The van der Waals surface area contributed by atoms with E-state index >= 15 is 0 Å². The van der Waals surface area contributed by atoms with E-state index in [0.29, 0.717) is 34.2 Å². The second kappa shape index (κ2) is 7.53. The minimum Gasteiger partial charge on any atom is -0.493 e. The molecule has 0 aliphatic heterocycles. The number of nitrogens with zero attached hydrogens (tertiary/aromatic N) is 4. The van der Waals surface area contributed by atoms with Gasteiger partial charge in [0.2, 0.25) is 17.6 Å². The van der Waals surface area contributed by atoms with Gasteiger partial charge in [0.25, 0.3) is 0 Å². The zero-order valence-corrected chi connectivity index (χ0v) is 15.1. The fraction of sp³-hybridized carbons (Fsp3) is 0.167. The summed E-state index contributed by atoms with van der Waals surface area (Å²) in [5.74, 6) is 1.93. The van der Waals surface area contributed by atoms with Crippen LogP contribution < -0.4 is 25.3 Å². The lowest BCUT2D eigenvalue weighted by molar-refractivity contribution is 0.324. The van der Waals surface area contributed by atoms with Crippen LogP contribution in [0.4, 0.5) is 17.6 Å². The van der Waals surface area contributed by atoms with Crippen LogP contribution in [0.15, 0.2) is 36.4 Å². The maximum Gasteiger partial charge on any atom is 0.248 e. The first-order chi connectivity index (χ1) is 13.1. The van der Waals surface area contributed by atoms with Gasteiger partial charge < -0.3 is 25.3 Å². The number of nitrogens with one attached hydrogen (secondary N) is 1. The number of hydrogen-bond acceptors (Lipinski definition) is 8. The molecule has 2 aromatic carbocycles. The third-order valence-corrected chi connectivity index (χ3v) is 3.77. The molecule has 0 bridgehead atoms. The van der Waals surface area contributed by atoms with Crippen molar-refractivity contribution >= 4 is 17.6 Å². The Bertz CT molecular complexity index is 984. The molecule has 0 unspecified atom stereocenters. The molecule has 1 aromatic heterocycles. The Morgan fingerprint density at radius 2 is 1.78 bits per heavy atom. The molecule has 0 saturated carbocycles. The highest BCUT2D eigenvalue weighted by atomic mass is 16.5. The van der Waals surface area contributed by atoms with Gasteiger partial charge in [-0.25, -0.2) is 0 Å². The van der Waals surface area contributed by atoms with Gasteiger partial charge in [-0.2, -0.15) is 14.9 Å². The summed E-state index contributed by atoms with van der Waals surface area (Å²) in [4.78, 5) is 4.21. The van der Waals surface area contributed by atoms with Gasteiger partial charge in [0.1, 0.15) is 0 Å². The van der Waals surface area contributed by atoms with E-state index in [4.69, 9.17) is 25.2 Å². The van der Waals surface area contributed by atoms with Crippen LogP contribution in [0.5, 0.6) is 17.2 Å². The Hall–Kier alpha value is -3.93. The van der Waals surface area contributed by atoms with Crippen LogP contribution in [0.2, 0.25) is 0 Å². The predicted octanol–water partition coefficient (Wildman–Crippen LogP) is 2.49. The molecule has 3 N–H and O–H groups in total. The van der Waals surface area contributed by atoms with Gasteiger partial charge >= 0.3 is 0 Å². The van der Waals surface area contributed by atoms with Crippen LogP contribution in [0.25, 0.3) is 5.69 Å². The number of anilines is 3. The summed E-state index contributed by atoms with van der Waals surface area (Å²) in [6.07, 6.45) is 0. The highest BCUT2D eigenvalue weighted by Crippen LogP contribution is 2.40. The van der Waals surface area contributed by atoms with Gasteiger partial charge in [0.15, 0.2) is 11.5 Å². The van der Waals surface area contributed by atoms with E-state index in [2.05, 4.69) is 21.5 Å². The fourth-order valence-electron chi connectivity index (χ4n) is 2.56. The minimum atomic E-state index is 0.181. The Kier molecular flexibility index (Phi) is 4.99. The van der Waals surface area contributed by atoms with E-state index in [9.17, 15) is 0 Å². The van der Waals surface area contributed by atoms with Crippen molar-refractivity contribution in [3.63, 3.8) is 0 Å². The summed E-state index contributed by atoms with van der Waals surface area (Å²) in [6.45, 7) is 0. The van der Waals surface area contributed by atoms with E-state index in [1.807, 2.05) is 0 Å². The molecule has 27 heavy (non-hydrogen) atoms. The van der Waals surface area contributed by atoms with Crippen molar-refractivity contribution in [2.24, 2.45) is 0 Å². The van der Waals surface area contributed by atoms with E-state index in [1.54, 1.807) is 36.4 Å². The van der Waals surface area contributed by atoms with Crippen LogP contribution in [-0.4, -0.2) is 36.1 Å². The average molecular weight is 366 g/mol. The molecule has 0 spiro atoms. The number of nitrogens with two attached hydrogens (primary N) is 1. The highest BCUT2D eigenvalue weighted by Gasteiger charge is 2.15. The second-order valence-electron chi connectivity index (χ2n) is 5.41. The molecule has 0 aliphatic carbocycles. The number of rotatable bonds is 6. The van der Waals surface area contributed by atoms with Crippen LogP contribution in [-0.2, 0) is 0 Å². The number of nitrogen functional groups attached to an aromatic ring is 1. The number of hydrogen-bond donors (Lipinski definition) is 2. The van der Waals surface area contributed by atoms with Gasteiger partial charge in [0.05, 0.1) is 38.6 Å². The summed E-state index contributed by atoms with van der Waals surface area (Å²) in [7, 11) is 4.61. The normalized spacial score (nSPS) is 10.1. The van der Waals surface area contributed by atoms with E-state index in [-0.39, 0.29) is 11.9 Å². The van der Waals surface area contributed by atoms with Crippen molar-refractivity contribution in [3.8, 4) is 29.0 Å². The van der Waals surface area contributed by atoms with Crippen molar-refractivity contribution in [2.75, 3.05) is 32.4 Å². The molecule has 3 aromatic rings. The summed E-state index contributed by atoms with van der Waals surface area (Å²) in [6, 6.07) is 12.5. The molecular weight excluding hydrogens is 348 g/mol. The lowest BCUT2D eigenvalue weighted by atomic mass is 10.2. The predicted molar refractivity (Wildman–Crippen MR) is 99.9 cm³/mol. The summed E-state index contributed by atoms with van der Waals surface area (Å²) >= 11 is 0. The molecule has 9 nitrogen and oxygen atoms in total. The first kappa shape index (κ1) is 17.9. The number of nitriles is 1. The lowest BCUT2D eigenvalue weighted by Crippen LogP contribution is -2.02. The molecule has 9 heteroatoms. The highest BCUT2D eigenvalue weighted by molar-refractivity contribution is 5.66. The van der Waals surface area contributed by atoms with Crippen molar-refractivity contribution in [2.45, 2.75) is 0 Å². The standard InChI is InChI=1S/C18H18N6O3/c1-25-14-8-12(9-15(26-2)16(14)27-3)21-18-22-17(20)24(23-18)13-6-4-5-11(7-13)10-19/h4-9H,1-3H3,(H3,20,21,22,23). The van der Waals surface area contributed by atoms with E-state index < -0.39 is 0 Å². The number of ether oxygens (including phenoxy) is 3. The van der Waals surface area contributed by atoms with Crippen molar-refractivity contribution < 1.29 is 14.2 Å². The van der Waals surface area contributed by atoms with Gasteiger partial charge in [-0.1, -0.05) is 6.07 Å². The maximum atomic E-state index is 9.05. The molecule has 0 fully saturated rings. The molecule has 0 radical (unpaired) electrons. The minimum absolute atomic E-state index is 0.181. The summed E-state index contributed by atoms with van der Waals surface area (Å²) < 4.78 is 17.4. The second-order valence-corrected chi connectivity index (χ2v) is 5.41. The monoisotopic (exact) mass is 366 g/mol. The van der Waals surface area contributed by atoms with Gasteiger partial charge in [-0.15, -0.1) is 5.10 Å². The Balaban J connectivity index is 1.94. The van der Waals surface area contributed by atoms with E-state index in [1.165, 1.54) is 26.0 Å². The summed E-state index contributed by atoms with van der Waals surface area (Å²) in [5, 5.41) is 16.5. The lowest BCUT2D eigenvalue weighted by Gasteiger charge is -2.14. The SMILES string of the molecule is COc1cc(Nc2nc(N)n(-c3cccc(C#N)c3)n2)cc(OC)c1OC. The maximum absolute atomic E-state index is 9.05. The van der Waals surface area contributed by atoms with Crippen molar-refractivity contribution in [3.05, 3.63) is 42.0 Å². The van der Waals surface area contributed by atoms with Gasteiger partial charge in [-0.3, -0.25) is 0 Å². The van der Waals surface area contributed by atoms with E-state index in [0.717, 1.165) is 0 Å². The smallest absolute Gasteiger partial charge is 0.248 e. The first-order valence-electron chi connectivity index (χ1n) is 7.89. The van der Waals surface area contributed by atoms with Crippen LogP contribution in [0.3, 0.4) is 0 Å². The Labute approximate surface area is 155 Å². The van der Waals surface area contributed by atoms with Crippen LogP contribution in [0.1, 0.15) is 5.56 Å². The average Bonchev–Trinajstić information content (AvgIpc) is 3.07. The molecule has 1 heterocycles. The molecule has 0 atom stereocenters. The quantitative estimate of drug-likeness (QED) is 0.683. The third-order valence-electron chi connectivity index (χ3n) is 3.77. The van der Waals surface area contributed by atoms with Gasteiger partial charge in [-0.05, 0) is 18.2 Å². The van der Waals surface area contributed by atoms with Crippen molar-refractivity contribution in [1.29, 1.82) is 5.26 Å². The molecule has 0 saturated heterocycles. The fourth-order valence-corrected chi connectivity index (χ4v) is 2.56. The molecule has 138 valence electrons. The van der Waals surface area contributed by atoms with Crippen LogP contribution in [0, 0.1) is 11.3 Å². The van der Waals surface area contributed by atoms with Crippen molar-refractivity contribution in [1.82, 2.24) is 14.8 Å². The number of benzene rings is 2. The Morgan fingerprint density at radius 3 is 2.37 bits per heavy atom. The molecule has 0 aliphatic rings. The molecule has 0 amide bonds. The molecular formula is C18H18N6O3. The Morgan fingerprint density at radius 1 is 1.07 bits per heavy atom. The van der Waals surface area contributed by atoms with Crippen LogP contribution >= 0.6 is 0 Å².